The second-order valence-electron chi connectivity index (χ2n) is 7.73. The fourth-order valence-electron chi connectivity index (χ4n) is 4.22. The summed E-state index contributed by atoms with van der Waals surface area (Å²) in [6.45, 7) is 1.98. The third-order valence-electron chi connectivity index (χ3n) is 5.92. The molecule has 0 unspecified atom stereocenters. The minimum Gasteiger partial charge on any atom is -0.453 e. The minimum atomic E-state index is -4.43. The van der Waals surface area contributed by atoms with E-state index in [9.17, 15) is 22.8 Å². The molecule has 1 aromatic heterocycles. The quantitative estimate of drug-likeness (QED) is 0.707. The number of fused-ring (bicyclic) bond motifs is 1. The zero-order valence-corrected chi connectivity index (χ0v) is 17.5. The number of ether oxygens (including phenoxy) is 1. The van der Waals surface area contributed by atoms with Crippen LogP contribution in [-0.2, 0) is 22.1 Å². The molecule has 170 valence electrons. The van der Waals surface area contributed by atoms with Gasteiger partial charge >= 0.3 is 12.3 Å². The molecule has 0 aliphatic carbocycles. The molecular formula is C22H23F3N4O3. The lowest BCUT2D eigenvalue weighted by atomic mass is 9.92. The second kappa shape index (κ2) is 8.68. The summed E-state index contributed by atoms with van der Waals surface area (Å²) in [5.74, 6) is 0.242. The first-order chi connectivity index (χ1) is 15.3. The fourth-order valence-corrected chi connectivity index (χ4v) is 4.22. The van der Waals surface area contributed by atoms with Gasteiger partial charge < -0.3 is 14.5 Å². The molecule has 1 fully saturated rings. The lowest BCUT2D eigenvalue weighted by molar-refractivity contribution is -0.138. The van der Waals surface area contributed by atoms with E-state index in [-0.39, 0.29) is 5.91 Å². The number of aromatic nitrogens is 1. The number of amides is 2. The van der Waals surface area contributed by atoms with Gasteiger partial charge in [0.15, 0.2) is 0 Å². The molecule has 1 atom stereocenters. The SMILES string of the molecule is COC(=O)N1CCc2ccccc2[C@@H]1C(=O)N1CCN(c2ccc(C(F)(F)F)cn2)CC1. The normalized spacial score (nSPS) is 18.9. The molecule has 0 N–H and O–H groups in total. The first-order valence-corrected chi connectivity index (χ1v) is 10.3. The number of piperazine rings is 1. The Kier molecular flexibility index (Phi) is 5.94. The third-order valence-corrected chi connectivity index (χ3v) is 5.92. The van der Waals surface area contributed by atoms with Gasteiger partial charge in [-0.05, 0) is 29.7 Å². The van der Waals surface area contributed by atoms with Crippen LogP contribution in [-0.4, -0.2) is 66.6 Å². The Morgan fingerprint density at radius 3 is 2.38 bits per heavy atom. The Bertz CT molecular complexity index is 989. The van der Waals surface area contributed by atoms with E-state index in [1.54, 1.807) is 4.90 Å². The van der Waals surface area contributed by atoms with E-state index in [1.165, 1.54) is 18.1 Å². The number of carbonyl (C=O) groups is 2. The number of benzene rings is 1. The van der Waals surface area contributed by atoms with Crippen molar-refractivity contribution in [3.63, 3.8) is 0 Å². The summed E-state index contributed by atoms with van der Waals surface area (Å²) in [7, 11) is 1.29. The number of halogens is 3. The lowest BCUT2D eigenvalue weighted by Gasteiger charge is -2.41. The van der Waals surface area contributed by atoms with Gasteiger partial charge in [0.05, 0.1) is 12.7 Å². The van der Waals surface area contributed by atoms with Crippen LogP contribution in [0.2, 0.25) is 0 Å². The number of pyridine rings is 1. The predicted molar refractivity (Wildman–Crippen MR) is 110 cm³/mol. The maximum Gasteiger partial charge on any atom is 0.417 e. The van der Waals surface area contributed by atoms with Crippen LogP contribution in [0, 0.1) is 0 Å². The van der Waals surface area contributed by atoms with Crippen molar-refractivity contribution in [2.45, 2.75) is 18.6 Å². The average Bonchev–Trinajstić information content (AvgIpc) is 2.82. The number of carbonyl (C=O) groups excluding carboxylic acids is 2. The maximum absolute atomic E-state index is 13.5. The number of alkyl halides is 3. The van der Waals surface area contributed by atoms with Crippen molar-refractivity contribution in [1.29, 1.82) is 0 Å². The van der Waals surface area contributed by atoms with E-state index in [0.29, 0.717) is 45.0 Å². The highest BCUT2D eigenvalue weighted by Gasteiger charge is 2.39. The van der Waals surface area contributed by atoms with Gasteiger partial charge in [0, 0.05) is 38.9 Å². The Morgan fingerprint density at radius 1 is 1.03 bits per heavy atom. The van der Waals surface area contributed by atoms with E-state index in [0.717, 1.165) is 23.4 Å². The molecule has 1 aromatic carbocycles. The summed E-state index contributed by atoms with van der Waals surface area (Å²) in [4.78, 5) is 34.7. The van der Waals surface area contributed by atoms with Gasteiger partial charge in [-0.15, -0.1) is 0 Å². The molecule has 2 amide bonds. The summed E-state index contributed by atoms with van der Waals surface area (Å²) in [5, 5.41) is 0. The fraction of sp³-hybridized carbons (Fsp3) is 0.409. The second-order valence-corrected chi connectivity index (χ2v) is 7.73. The number of rotatable bonds is 2. The molecular weight excluding hydrogens is 425 g/mol. The molecule has 0 bridgehead atoms. The highest BCUT2D eigenvalue weighted by atomic mass is 19.4. The highest BCUT2D eigenvalue weighted by Crippen LogP contribution is 2.33. The van der Waals surface area contributed by atoms with E-state index in [2.05, 4.69) is 4.98 Å². The van der Waals surface area contributed by atoms with Gasteiger partial charge in [-0.25, -0.2) is 9.78 Å². The monoisotopic (exact) mass is 448 g/mol. The van der Waals surface area contributed by atoms with Crippen molar-refractivity contribution in [2.75, 3.05) is 44.7 Å². The van der Waals surface area contributed by atoms with Gasteiger partial charge in [0.2, 0.25) is 5.91 Å². The number of anilines is 1. The van der Waals surface area contributed by atoms with E-state index in [1.807, 2.05) is 29.2 Å². The molecule has 10 heteroatoms. The maximum atomic E-state index is 13.5. The Balaban J connectivity index is 1.48. The average molecular weight is 448 g/mol. The molecule has 0 spiro atoms. The summed E-state index contributed by atoms with van der Waals surface area (Å²) < 4.78 is 43.2. The zero-order valence-electron chi connectivity index (χ0n) is 17.5. The number of methoxy groups -OCH3 is 1. The highest BCUT2D eigenvalue weighted by molar-refractivity contribution is 5.88. The standard InChI is InChI=1S/C22H23F3N4O3/c1-32-21(31)29-9-8-15-4-2-3-5-17(15)19(29)20(30)28-12-10-27(11-13-28)18-7-6-16(14-26-18)22(23,24)25/h2-7,14,19H,8-13H2,1H3/t19-/m1/s1. The molecule has 2 aliphatic rings. The van der Waals surface area contributed by atoms with E-state index >= 15 is 0 Å². The van der Waals surface area contributed by atoms with Crippen molar-refractivity contribution < 1.29 is 27.5 Å². The molecule has 0 radical (unpaired) electrons. The summed E-state index contributed by atoms with van der Waals surface area (Å²) in [6, 6.07) is 9.15. The van der Waals surface area contributed by atoms with Crippen LogP contribution in [0.15, 0.2) is 42.6 Å². The van der Waals surface area contributed by atoms with Gasteiger partial charge in [-0.3, -0.25) is 9.69 Å². The molecule has 32 heavy (non-hydrogen) atoms. The van der Waals surface area contributed by atoms with Crippen LogP contribution in [0.1, 0.15) is 22.7 Å². The Morgan fingerprint density at radius 2 is 1.75 bits per heavy atom. The molecule has 0 saturated carbocycles. The largest absolute Gasteiger partial charge is 0.453 e. The van der Waals surface area contributed by atoms with E-state index in [4.69, 9.17) is 4.74 Å². The van der Waals surface area contributed by atoms with Crippen LogP contribution < -0.4 is 4.90 Å². The Hall–Kier alpha value is -3.30. The summed E-state index contributed by atoms with van der Waals surface area (Å²) in [6.07, 6.45) is -3.52. The smallest absolute Gasteiger partial charge is 0.417 e. The van der Waals surface area contributed by atoms with Crippen LogP contribution in [0.25, 0.3) is 0 Å². The van der Waals surface area contributed by atoms with Crippen LogP contribution in [0.3, 0.4) is 0 Å². The molecule has 1 saturated heterocycles. The van der Waals surface area contributed by atoms with Gasteiger partial charge in [-0.2, -0.15) is 13.2 Å². The minimum absolute atomic E-state index is 0.192. The van der Waals surface area contributed by atoms with Crippen molar-refractivity contribution in [2.24, 2.45) is 0 Å². The van der Waals surface area contributed by atoms with Gasteiger partial charge in [-0.1, -0.05) is 24.3 Å². The zero-order chi connectivity index (χ0) is 22.9. The number of nitrogens with zero attached hydrogens (tertiary/aromatic N) is 4. The number of hydrogen-bond acceptors (Lipinski definition) is 5. The predicted octanol–water partition coefficient (Wildman–Crippen LogP) is 3.11. The molecule has 7 nitrogen and oxygen atoms in total. The molecule has 2 aliphatic heterocycles. The first-order valence-electron chi connectivity index (χ1n) is 10.3. The van der Waals surface area contributed by atoms with Crippen LogP contribution in [0.5, 0.6) is 0 Å². The van der Waals surface area contributed by atoms with Gasteiger partial charge in [0.25, 0.3) is 0 Å². The molecule has 2 aromatic rings. The summed E-state index contributed by atoms with van der Waals surface area (Å²) >= 11 is 0. The lowest BCUT2D eigenvalue weighted by Crippen LogP contribution is -2.54. The van der Waals surface area contributed by atoms with Crippen molar-refractivity contribution in [3.8, 4) is 0 Å². The van der Waals surface area contributed by atoms with Crippen molar-refractivity contribution in [3.05, 3.63) is 59.3 Å². The Labute approximate surface area is 183 Å². The van der Waals surface area contributed by atoms with Crippen molar-refractivity contribution in [1.82, 2.24) is 14.8 Å². The van der Waals surface area contributed by atoms with Crippen LogP contribution in [0.4, 0.5) is 23.8 Å². The van der Waals surface area contributed by atoms with E-state index < -0.39 is 23.9 Å². The van der Waals surface area contributed by atoms with Crippen LogP contribution >= 0.6 is 0 Å². The molecule has 4 rings (SSSR count). The van der Waals surface area contributed by atoms with Gasteiger partial charge in [0.1, 0.15) is 11.9 Å². The van der Waals surface area contributed by atoms with Crippen molar-refractivity contribution >= 4 is 17.8 Å². The molecule has 3 heterocycles. The number of hydrogen-bond donors (Lipinski definition) is 0. The first kappa shape index (κ1) is 21.9. The third kappa shape index (κ3) is 4.21. The topological polar surface area (TPSA) is 66.0 Å². The summed E-state index contributed by atoms with van der Waals surface area (Å²) in [5.41, 5.74) is 1.02.